The maximum Gasteiger partial charge on any atom is 2.00 e. The van der Waals surface area contributed by atoms with Crippen LogP contribution in [0.3, 0.4) is 0 Å². The second-order valence-electron chi connectivity index (χ2n) is 11.7. The number of benzene rings is 6. The van der Waals surface area contributed by atoms with Gasteiger partial charge in [0.1, 0.15) is 11.6 Å². The molecule has 10 rings (SSSR count). The minimum Gasteiger partial charge on any atom is -0.313 e. The molecule has 0 unspecified atom stereocenters. The molecule has 10 aromatic rings. The van der Waals surface area contributed by atoms with Crippen LogP contribution in [0.25, 0.3) is 87.9 Å². The van der Waals surface area contributed by atoms with Crippen LogP contribution in [0.4, 0.5) is 0 Å². The fraction of sp³-hybridized carbons (Fsp3) is 0. The summed E-state index contributed by atoms with van der Waals surface area (Å²) in [7, 11) is 0. The Kier molecular flexibility index (Phi) is 6.34. The zero-order valence-electron chi connectivity index (χ0n) is 25.0. The van der Waals surface area contributed by atoms with Crippen molar-refractivity contribution in [1.82, 2.24) is 19.1 Å². The van der Waals surface area contributed by atoms with Crippen LogP contribution in [-0.2, 0) is 21.1 Å². The van der Waals surface area contributed by atoms with Crippen molar-refractivity contribution in [2.75, 3.05) is 0 Å². The van der Waals surface area contributed by atoms with Crippen LogP contribution in [-0.4, -0.2) is 19.1 Å². The Morgan fingerprint density at radius 3 is 1.26 bits per heavy atom. The minimum atomic E-state index is 0. The van der Waals surface area contributed by atoms with Gasteiger partial charge in [0, 0.05) is 34.2 Å². The van der Waals surface area contributed by atoms with Crippen molar-refractivity contribution >= 4 is 65.2 Å². The third-order valence-corrected chi connectivity index (χ3v) is 9.19. The molecule has 0 atom stereocenters. The van der Waals surface area contributed by atoms with Crippen LogP contribution >= 0.6 is 0 Å². The zero-order chi connectivity index (χ0) is 30.2. The van der Waals surface area contributed by atoms with Crippen LogP contribution < -0.4 is 0 Å². The first-order valence-electron chi connectivity index (χ1n) is 15.4. The summed E-state index contributed by atoms with van der Waals surface area (Å²) >= 11 is 0. The van der Waals surface area contributed by atoms with E-state index >= 15 is 0 Å². The van der Waals surface area contributed by atoms with Gasteiger partial charge in [-0.2, -0.15) is 24.3 Å². The van der Waals surface area contributed by atoms with Crippen LogP contribution in [0.2, 0.25) is 0 Å². The van der Waals surface area contributed by atoms with Gasteiger partial charge in [0.2, 0.25) is 0 Å². The number of rotatable bonds is 3. The second kappa shape index (κ2) is 10.8. The number of aromatic nitrogens is 4. The molecule has 0 radical (unpaired) electrons. The number of para-hydroxylation sites is 2. The zero-order valence-corrected chi connectivity index (χ0v) is 27.2. The number of hydrogen-bond acceptors (Lipinski definition) is 2. The summed E-state index contributed by atoms with van der Waals surface area (Å²) in [6.07, 6.45) is 3.79. The summed E-state index contributed by atoms with van der Waals surface area (Å²) in [6.45, 7) is 0. The van der Waals surface area contributed by atoms with Gasteiger partial charge in [-0.1, -0.05) is 95.7 Å². The molecule has 0 aliphatic heterocycles. The molecule has 4 nitrogen and oxygen atoms in total. The van der Waals surface area contributed by atoms with Gasteiger partial charge in [0.05, 0.1) is 0 Å². The molecule has 0 saturated heterocycles. The molecule has 0 saturated carbocycles. The molecule has 5 heteroatoms. The van der Waals surface area contributed by atoms with Gasteiger partial charge in [-0.05, 0) is 56.8 Å². The van der Waals surface area contributed by atoms with Crippen molar-refractivity contribution in [2.24, 2.45) is 0 Å². The van der Waals surface area contributed by atoms with Crippen LogP contribution in [0.15, 0.2) is 146 Å². The van der Waals surface area contributed by atoms with Gasteiger partial charge < -0.3 is 9.13 Å². The van der Waals surface area contributed by atoms with Gasteiger partial charge in [0.15, 0.2) is 0 Å². The molecule has 0 spiro atoms. The van der Waals surface area contributed by atoms with Gasteiger partial charge in [-0.3, -0.25) is 0 Å². The molecule has 47 heavy (non-hydrogen) atoms. The maximum absolute atomic E-state index is 4.91. The van der Waals surface area contributed by atoms with Crippen LogP contribution in [0.5, 0.6) is 0 Å². The van der Waals surface area contributed by atoms with Crippen molar-refractivity contribution in [2.45, 2.75) is 0 Å². The molecule has 222 valence electrons. The first-order chi connectivity index (χ1) is 22.8. The second-order valence-corrected chi connectivity index (χ2v) is 11.7. The Labute approximate surface area is 284 Å². The SMILES string of the molecule is [Pt+2].[c-]1c(-c2[c-]c3c(cc2)c2ccccc2n3-c2nccc3ccccc23)ccc2c3ccccc3n(-c3nccc4ccccc34)c12. The van der Waals surface area contributed by atoms with E-state index in [0.717, 1.165) is 77.1 Å². The van der Waals surface area contributed by atoms with E-state index in [1.165, 1.54) is 10.8 Å². The van der Waals surface area contributed by atoms with Gasteiger partial charge in [-0.25, -0.2) is 21.1 Å². The molecule has 0 amide bonds. The number of fused-ring (bicyclic) bond motifs is 8. The molecule has 0 bridgehead atoms. The smallest absolute Gasteiger partial charge is 0.313 e. The Balaban J connectivity index is 0.00000302. The first kappa shape index (κ1) is 27.7. The fourth-order valence-corrected chi connectivity index (χ4v) is 7.10. The third kappa shape index (κ3) is 4.12. The minimum absolute atomic E-state index is 0. The topological polar surface area (TPSA) is 35.6 Å². The maximum atomic E-state index is 4.91. The van der Waals surface area contributed by atoms with E-state index in [2.05, 4.69) is 155 Å². The van der Waals surface area contributed by atoms with Crippen molar-refractivity contribution in [3.63, 3.8) is 0 Å². The largest absolute Gasteiger partial charge is 2.00 e. The van der Waals surface area contributed by atoms with E-state index in [-0.39, 0.29) is 21.1 Å². The Bertz CT molecular complexity index is 2620. The van der Waals surface area contributed by atoms with E-state index in [0.29, 0.717) is 0 Å². The van der Waals surface area contributed by atoms with Crippen molar-refractivity contribution in [3.8, 4) is 22.8 Å². The molecular weight excluding hydrogens is 756 g/mol. The van der Waals surface area contributed by atoms with E-state index in [9.17, 15) is 0 Å². The van der Waals surface area contributed by atoms with Crippen LogP contribution in [0.1, 0.15) is 0 Å². The van der Waals surface area contributed by atoms with Gasteiger partial charge >= 0.3 is 21.1 Å². The fourth-order valence-electron chi connectivity index (χ4n) is 7.10. The summed E-state index contributed by atoms with van der Waals surface area (Å²) in [5.74, 6) is 1.80. The van der Waals surface area contributed by atoms with Crippen molar-refractivity contribution < 1.29 is 21.1 Å². The summed E-state index contributed by atoms with van der Waals surface area (Å²) in [5.41, 5.74) is 6.15. The number of pyridine rings is 2. The molecule has 4 aromatic heterocycles. The normalized spacial score (nSPS) is 11.7. The molecule has 0 aliphatic rings. The average molecular weight is 780 g/mol. The number of nitrogens with zero attached hydrogens (tertiary/aromatic N) is 4. The third-order valence-electron chi connectivity index (χ3n) is 9.19. The molecule has 0 aliphatic carbocycles. The molecule has 0 fully saturated rings. The number of hydrogen-bond donors (Lipinski definition) is 0. The summed E-state index contributed by atoms with van der Waals surface area (Å²) in [6, 6.07) is 54.4. The van der Waals surface area contributed by atoms with Gasteiger partial charge in [0.25, 0.3) is 0 Å². The Hall–Kier alpha value is -5.57. The molecule has 0 N–H and O–H groups in total. The molecule has 4 heterocycles. The van der Waals surface area contributed by atoms with E-state index in [4.69, 9.17) is 9.97 Å². The monoisotopic (exact) mass is 779 g/mol. The Morgan fingerprint density at radius 1 is 0.383 bits per heavy atom. The molecule has 6 aromatic carbocycles. The quantitative estimate of drug-likeness (QED) is 0.168. The first-order valence-corrected chi connectivity index (χ1v) is 15.4. The standard InChI is InChI=1S/C42H24N4.Pt/c1-3-11-31-27(9-1)21-23-43-41(31)45-37-15-7-5-13-33(37)35-19-17-29(25-39(35)45)30-18-20-36-34-14-6-8-16-38(34)46(40(36)26-30)42-32-12-4-2-10-28(32)22-24-44-42;/h1-24H;/q-2;+2. The summed E-state index contributed by atoms with van der Waals surface area (Å²) < 4.78 is 4.51. The van der Waals surface area contributed by atoms with Crippen LogP contribution in [0, 0.1) is 12.1 Å². The predicted octanol–water partition coefficient (Wildman–Crippen LogP) is 10.2. The summed E-state index contributed by atoms with van der Waals surface area (Å²) in [5, 5.41) is 9.16. The predicted molar refractivity (Wildman–Crippen MR) is 189 cm³/mol. The average Bonchev–Trinajstić information content (AvgIpc) is 3.63. The van der Waals surface area contributed by atoms with Crippen molar-refractivity contribution in [3.05, 3.63) is 158 Å². The van der Waals surface area contributed by atoms with E-state index in [1.54, 1.807) is 0 Å². The summed E-state index contributed by atoms with van der Waals surface area (Å²) in [4.78, 5) is 9.82. The van der Waals surface area contributed by atoms with Gasteiger partial charge in [-0.15, -0.1) is 12.1 Å². The van der Waals surface area contributed by atoms with E-state index in [1.807, 2.05) is 12.4 Å². The van der Waals surface area contributed by atoms with E-state index < -0.39 is 0 Å². The molecular formula is C42H24N4Pt. The Morgan fingerprint density at radius 2 is 0.787 bits per heavy atom. The van der Waals surface area contributed by atoms with Crippen molar-refractivity contribution in [1.29, 1.82) is 0 Å².